The molecule has 0 saturated heterocycles. The minimum atomic E-state index is -4.18. The van der Waals surface area contributed by atoms with Gasteiger partial charge in [0.05, 0.1) is 29.9 Å². The highest BCUT2D eigenvalue weighted by atomic mass is 35.5. The van der Waals surface area contributed by atoms with E-state index in [-0.39, 0.29) is 47.4 Å². The molecule has 5 aliphatic rings. The third-order valence-corrected chi connectivity index (χ3v) is 12.3. The average Bonchev–Trinajstić information content (AvgIpc) is 3.83. The quantitative estimate of drug-likeness (QED) is 0.479. The number of rotatable bonds is 3. The number of hydrogen-bond acceptors (Lipinski definition) is 8. The molecule has 0 unspecified atom stereocenters. The first-order valence-electron chi connectivity index (χ1n) is 16.5. The molecule has 2 heterocycles. The lowest BCUT2D eigenvalue weighted by atomic mass is 9.68. The first-order chi connectivity index (χ1) is 22.5. The van der Waals surface area contributed by atoms with Crippen molar-refractivity contribution in [1.82, 2.24) is 9.62 Å². The van der Waals surface area contributed by atoms with Crippen molar-refractivity contribution in [2.45, 2.75) is 67.0 Å². The van der Waals surface area contributed by atoms with Crippen molar-refractivity contribution >= 4 is 39.1 Å². The van der Waals surface area contributed by atoms with E-state index in [0.29, 0.717) is 49.0 Å². The molecule has 1 N–H and O–H groups in total. The van der Waals surface area contributed by atoms with Gasteiger partial charge in [0.1, 0.15) is 18.0 Å². The van der Waals surface area contributed by atoms with Crippen LogP contribution in [0.25, 0.3) is 0 Å². The Bertz CT molecular complexity index is 1710. The molecule has 47 heavy (non-hydrogen) atoms. The predicted molar refractivity (Wildman–Crippen MR) is 177 cm³/mol. The Hall–Kier alpha value is -3.12. The van der Waals surface area contributed by atoms with E-state index in [0.717, 1.165) is 32.1 Å². The number of likely N-dealkylation sites (N-methyl/N-ethyl adjacent to an activating group) is 1. The lowest BCUT2D eigenvalue weighted by Gasteiger charge is -2.46. The van der Waals surface area contributed by atoms with Crippen LogP contribution in [-0.2, 0) is 40.9 Å². The van der Waals surface area contributed by atoms with Crippen molar-refractivity contribution in [3.8, 4) is 5.75 Å². The standard InChI is InChI=1S/C35H42ClN3O7S/c1-38(2)32(40)20-44-30-6-4-16-46-35(14-15-35)33(41)37-47(42,43)26-9-12-31-29(18-26)39(19-24-7-10-27(24)30)21-34(22-45-31)13-3-5-23-17-25(36)8-11-28(23)34/h4,6,8-9,11-12,17-18,24,27,30H,3,5,7,10,13-16,19-22H2,1-2H3,(H,37,41)/b6-4+/t24-,27+,30-,34-/m0/s1. The second kappa shape index (κ2) is 12.4. The van der Waals surface area contributed by atoms with Gasteiger partial charge in [-0.25, -0.2) is 13.1 Å². The van der Waals surface area contributed by atoms with E-state index in [2.05, 4.69) is 21.8 Å². The van der Waals surface area contributed by atoms with Crippen molar-refractivity contribution in [3.05, 3.63) is 64.7 Å². The number of anilines is 1. The molecule has 2 aromatic carbocycles. The molecule has 252 valence electrons. The van der Waals surface area contributed by atoms with Gasteiger partial charge in [0, 0.05) is 37.6 Å². The molecular formula is C35H42ClN3O7S. The Labute approximate surface area is 281 Å². The van der Waals surface area contributed by atoms with Gasteiger partial charge in [0.15, 0.2) is 0 Å². The van der Waals surface area contributed by atoms with E-state index < -0.39 is 21.5 Å². The number of nitrogens with one attached hydrogen (secondary N) is 1. The number of nitrogens with zero attached hydrogens (tertiary/aromatic N) is 2. The van der Waals surface area contributed by atoms with Crippen LogP contribution in [-0.4, -0.2) is 83.8 Å². The molecule has 2 aromatic rings. The molecule has 2 amide bonds. The zero-order chi connectivity index (χ0) is 33.0. The number of carbonyl (C=O) groups excluding carboxylic acids is 2. The normalized spacial score (nSPS) is 29.7. The number of sulfonamides is 1. The molecule has 2 bridgehead atoms. The first kappa shape index (κ1) is 32.4. The van der Waals surface area contributed by atoms with E-state index in [1.54, 1.807) is 26.2 Å². The highest BCUT2D eigenvalue weighted by Crippen LogP contribution is 2.47. The van der Waals surface area contributed by atoms with Gasteiger partial charge in [-0.15, -0.1) is 0 Å². The van der Waals surface area contributed by atoms with Crippen LogP contribution in [0, 0.1) is 11.8 Å². The number of hydrogen-bond donors (Lipinski definition) is 1. The van der Waals surface area contributed by atoms with E-state index in [9.17, 15) is 18.0 Å². The molecule has 2 spiro atoms. The van der Waals surface area contributed by atoms with Gasteiger partial charge in [0.2, 0.25) is 5.91 Å². The Morgan fingerprint density at radius 1 is 1.15 bits per heavy atom. The maximum absolute atomic E-state index is 13.6. The van der Waals surface area contributed by atoms with E-state index in [1.165, 1.54) is 22.1 Å². The first-order valence-corrected chi connectivity index (χ1v) is 18.4. The summed E-state index contributed by atoms with van der Waals surface area (Å²) < 4.78 is 48.3. The van der Waals surface area contributed by atoms with Gasteiger partial charge >= 0.3 is 0 Å². The van der Waals surface area contributed by atoms with Crippen LogP contribution in [0.5, 0.6) is 5.75 Å². The minimum absolute atomic E-state index is 0.00123. The second-order valence-corrected chi connectivity index (χ2v) is 16.1. The van der Waals surface area contributed by atoms with Crippen LogP contribution in [0.1, 0.15) is 49.7 Å². The molecule has 0 aromatic heterocycles. The number of ether oxygens (including phenoxy) is 3. The van der Waals surface area contributed by atoms with Crippen LogP contribution in [0.15, 0.2) is 53.4 Å². The maximum atomic E-state index is 13.6. The number of benzene rings is 2. The van der Waals surface area contributed by atoms with Gasteiger partial charge in [-0.3, -0.25) is 9.59 Å². The molecule has 7 rings (SSSR count). The smallest absolute Gasteiger partial charge is 0.265 e. The molecule has 2 fully saturated rings. The topological polar surface area (TPSA) is 114 Å². The van der Waals surface area contributed by atoms with Gasteiger partial charge in [0.25, 0.3) is 15.9 Å². The largest absolute Gasteiger partial charge is 0.490 e. The van der Waals surface area contributed by atoms with Crippen LogP contribution >= 0.6 is 11.6 Å². The highest BCUT2D eigenvalue weighted by molar-refractivity contribution is 7.90. The Morgan fingerprint density at radius 2 is 1.98 bits per heavy atom. The molecule has 0 radical (unpaired) electrons. The molecule has 10 nitrogen and oxygen atoms in total. The fraction of sp³-hybridized carbons (Fsp3) is 0.543. The fourth-order valence-corrected chi connectivity index (χ4v) is 8.89. The van der Waals surface area contributed by atoms with Gasteiger partial charge in [-0.05, 0) is 98.2 Å². The highest BCUT2D eigenvalue weighted by Gasteiger charge is 2.53. The van der Waals surface area contributed by atoms with Gasteiger partial charge in [-0.2, -0.15) is 0 Å². The summed E-state index contributed by atoms with van der Waals surface area (Å²) in [5.74, 6) is 0.188. The number of aryl methyl sites for hydroxylation is 1. The average molecular weight is 684 g/mol. The summed E-state index contributed by atoms with van der Waals surface area (Å²) >= 11 is 6.42. The Balaban J connectivity index is 1.28. The molecule has 12 heteroatoms. The van der Waals surface area contributed by atoms with E-state index in [1.807, 2.05) is 18.2 Å². The third-order valence-electron chi connectivity index (χ3n) is 10.7. The maximum Gasteiger partial charge on any atom is 0.265 e. The number of carbonyl (C=O) groups is 2. The number of halogens is 1. The molecule has 2 saturated carbocycles. The lowest BCUT2D eigenvalue weighted by molar-refractivity contribution is -0.137. The molecule has 3 aliphatic carbocycles. The predicted octanol–water partition coefficient (Wildman–Crippen LogP) is 4.24. The number of fused-ring (bicyclic) bond motifs is 4. The van der Waals surface area contributed by atoms with Crippen molar-refractivity contribution in [2.24, 2.45) is 11.8 Å². The summed E-state index contributed by atoms with van der Waals surface area (Å²) in [6.07, 6.45) is 9.08. The lowest BCUT2D eigenvalue weighted by Crippen LogP contribution is -2.50. The fourth-order valence-electron chi connectivity index (χ4n) is 7.64. The zero-order valence-corrected chi connectivity index (χ0v) is 28.4. The summed E-state index contributed by atoms with van der Waals surface area (Å²) in [7, 11) is -0.763. The van der Waals surface area contributed by atoms with Crippen molar-refractivity contribution in [1.29, 1.82) is 0 Å². The monoisotopic (exact) mass is 683 g/mol. The van der Waals surface area contributed by atoms with Crippen LogP contribution < -0.4 is 14.4 Å². The molecule has 2 aliphatic heterocycles. The second-order valence-electron chi connectivity index (χ2n) is 14.0. The van der Waals surface area contributed by atoms with Gasteiger partial charge in [-0.1, -0.05) is 29.8 Å². The third kappa shape index (κ3) is 6.27. The van der Waals surface area contributed by atoms with Crippen LogP contribution in [0.2, 0.25) is 5.02 Å². The van der Waals surface area contributed by atoms with Crippen molar-refractivity contribution in [2.75, 3.05) is 51.9 Å². The summed E-state index contributed by atoms with van der Waals surface area (Å²) in [6.45, 7) is 1.81. The van der Waals surface area contributed by atoms with Crippen molar-refractivity contribution < 1.29 is 32.2 Å². The summed E-state index contributed by atoms with van der Waals surface area (Å²) in [5, 5.41) is 0.711. The van der Waals surface area contributed by atoms with Crippen molar-refractivity contribution in [3.63, 3.8) is 0 Å². The zero-order valence-electron chi connectivity index (χ0n) is 26.9. The van der Waals surface area contributed by atoms with Crippen LogP contribution in [0.3, 0.4) is 0 Å². The molecular weight excluding hydrogens is 642 g/mol. The molecule has 4 atom stereocenters. The van der Waals surface area contributed by atoms with E-state index >= 15 is 0 Å². The van der Waals surface area contributed by atoms with E-state index in [4.69, 9.17) is 25.8 Å². The SMILES string of the molecule is CN(C)C(=O)CO[C@H]1/C=C/COC2(CC2)C(=O)NS(=O)(=O)c2ccc3c(c2)N(C[C@@H]2CC[C@H]21)C[C@@]1(CCCc2cc(Cl)ccc21)CO3. The summed E-state index contributed by atoms with van der Waals surface area (Å²) in [5.41, 5.74) is 1.62. The number of amides is 2. The Kier molecular flexibility index (Phi) is 8.56. The summed E-state index contributed by atoms with van der Waals surface area (Å²) in [6, 6.07) is 11.0. The Morgan fingerprint density at radius 3 is 2.72 bits per heavy atom. The summed E-state index contributed by atoms with van der Waals surface area (Å²) in [4.78, 5) is 29.6. The van der Waals surface area contributed by atoms with Gasteiger partial charge < -0.3 is 24.0 Å². The minimum Gasteiger partial charge on any atom is -0.490 e. The van der Waals surface area contributed by atoms with Crippen LogP contribution in [0.4, 0.5) is 5.69 Å².